The molecule has 1 aliphatic rings. The number of anilines is 1. The Balaban J connectivity index is 1.96. The van der Waals surface area contributed by atoms with Crippen LogP contribution in [-0.4, -0.2) is 47.5 Å². The summed E-state index contributed by atoms with van der Waals surface area (Å²) in [5.74, 6) is -0.234. The fraction of sp³-hybridized carbons (Fsp3) is 0.688. The Morgan fingerprint density at radius 1 is 1.48 bits per heavy atom. The lowest BCUT2D eigenvalue weighted by Crippen LogP contribution is -2.43. The minimum Gasteiger partial charge on any atom is -0.376 e. The third-order valence-electron chi connectivity index (χ3n) is 3.50. The molecule has 6 nitrogen and oxygen atoms in total. The molecule has 0 spiro atoms. The number of rotatable bonds is 6. The van der Waals surface area contributed by atoms with Gasteiger partial charge in [-0.15, -0.1) is 11.3 Å². The summed E-state index contributed by atoms with van der Waals surface area (Å²) in [6, 6.07) is 0. The van der Waals surface area contributed by atoms with Crippen molar-refractivity contribution in [2.75, 3.05) is 25.0 Å². The van der Waals surface area contributed by atoms with Crippen molar-refractivity contribution in [2.24, 2.45) is 5.41 Å². The molecule has 0 radical (unpaired) electrons. The van der Waals surface area contributed by atoms with E-state index in [1.807, 2.05) is 20.8 Å². The zero-order valence-corrected chi connectivity index (χ0v) is 14.8. The van der Waals surface area contributed by atoms with Gasteiger partial charge in [0, 0.05) is 31.1 Å². The van der Waals surface area contributed by atoms with E-state index < -0.39 is 0 Å². The summed E-state index contributed by atoms with van der Waals surface area (Å²) in [4.78, 5) is 30.4. The van der Waals surface area contributed by atoms with Crippen molar-refractivity contribution in [3.8, 4) is 0 Å². The Hall–Kier alpha value is -1.47. The third kappa shape index (κ3) is 6.27. The van der Waals surface area contributed by atoms with Crippen LogP contribution in [0.2, 0.25) is 0 Å². The van der Waals surface area contributed by atoms with E-state index in [4.69, 9.17) is 4.74 Å². The van der Waals surface area contributed by atoms with Crippen LogP contribution >= 0.6 is 11.3 Å². The van der Waals surface area contributed by atoms with Gasteiger partial charge in [-0.25, -0.2) is 4.98 Å². The summed E-state index contributed by atoms with van der Waals surface area (Å²) in [6.07, 6.45) is 4.02. The predicted molar refractivity (Wildman–Crippen MR) is 90.4 cm³/mol. The number of amides is 2. The van der Waals surface area contributed by atoms with Crippen LogP contribution in [0.1, 0.15) is 40.0 Å². The molecule has 1 aromatic heterocycles. The zero-order chi connectivity index (χ0) is 16.9. The second kappa shape index (κ2) is 7.88. The van der Waals surface area contributed by atoms with Crippen LogP contribution < -0.4 is 5.32 Å². The molecular formula is C16H25N3O3S. The van der Waals surface area contributed by atoms with Crippen molar-refractivity contribution >= 4 is 28.3 Å². The number of hydrogen-bond acceptors (Lipinski definition) is 5. The second-order valence-electron chi connectivity index (χ2n) is 7.03. The fourth-order valence-electron chi connectivity index (χ4n) is 2.47. The smallest absolute Gasteiger partial charge is 0.245 e. The number of carbonyl (C=O) groups is 2. The van der Waals surface area contributed by atoms with Gasteiger partial charge < -0.3 is 15.0 Å². The Morgan fingerprint density at radius 3 is 2.83 bits per heavy atom. The van der Waals surface area contributed by atoms with E-state index in [0.717, 1.165) is 19.4 Å². The molecule has 1 N–H and O–H groups in total. The van der Waals surface area contributed by atoms with E-state index in [1.165, 1.54) is 11.3 Å². The molecule has 1 aromatic rings. The van der Waals surface area contributed by atoms with E-state index in [0.29, 0.717) is 18.1 Å². The first kappa shape index (κ1) is 17.9. The minimum atomic E-state index is -0.222. The SMILES string of the molecule is CC(C)(C)CC(=O)N(CC(=O)Nc1nccs1)CC1CCCO1. The average Bonchev–Trinajstić information content (AvgIpc) is 3.09. The van der Waals surface area contributed by atoms with Crippen LogP contribution in [0, 0.1) is 5.41 Å². The largest absolute Gasteiger partial charge is 0.376 e. The molecule has 2 heterocycles. The van der Waals surface area contributed by atoms with Crippen molar-refractivity contribution in [1.29, 1.82) is 0 Å². The van der Waals surface area contributed by atoms with Crippen LogP contribution in [0.5, 0.6) is 0 Å². The molecule has 128 valence electrons. The quantitative estimate of drug-likeness (QED) is 0.864. The molecule has 1 atom stereocenters. The van der Waals surface area contributed by atoms with Gasteiger partial charge in [0.1, 0.15) is 6.54 Å². The van der Waals surface area contributed by atoms with Gasteiger partial charge in [-0.1, -0.05) is 20.8 Å². The number of carbonyl (C=O) groups excluding carboxylic acids is 2. The number of thiazole rings is 1. The van der Waals surface area contributed by atoms with Crippen molar-refractivity contribution in [3.63, 3.8) is 0 Å². The zero-order valence-electron chi connectivity index (χ0n) is 14.0. The standard InChI is InChI=1S/C16H25N3O3S/c1-16(2,3)9-14(21)19(10-12-5-4-7-22-12)11-13(20)18-15-17-6-8-23-15/h6,8,12H,4-5,7,9-11H2,1-3H3,(H,17,18,20). The number of hydrogen-bond donors (Lipinski definition) is 1. The monoisotopic (exact) mass is 339 g/mol. The van der Waals surface area contributed by atoms with E-state index in [2.05, 4.69) is 10.3 Å². The Bertz CT molecular complexity index is 519. The van der Waals surface area contributed by atoms with Crippen molar-refractivity contribution in [3.05, 3.63) is 11.6 Å². The summed E-state index contributed by atoms with van der Waals surface area (Å²) in [6.45, 7) is 7.30. The molecule has 1 aliphatic heterocycles. The van der Waals surface area contributed by atoms with Gasteiger partial charge in [-0.2, -0.15) is 0 Å². The van der Waals surface area contributed by atoms with Gasteiger partial charge in [0.15, 0.2) is 5.13 Å². The third-order valence-corrected chi connectivity index (χ3v) is 4.18. The van der Waals surface area contributed by atoms with E-state index in [-0.39, 0.29) is 29.9 Å². The van der Waals surface area contributed by atoms with Gasteiger partial charge >= 0.3 is 0 Å². The van der Waals surface area contributed by atoms with E-state index in [1.54, 1.807) is 16.5 Å². The van der Waals surface area contributed by atoms with E-state index in [9.17, 15) is 9.59 Å². The summed E-state index contributed by atoms with van der Waals surface area (Å²) in [5.41, 5.74) is -0.113. The molecule has 7 heteroatoms. The van der Waals surface area contributed by atoms with Crippen LogP contribution in [0.3, 0.4) is 0 Å². The van der Waals surface area contributed by atoms with Gasteiger partial charge in [0.05, 0.1) is 6.10 Å². The predicted octanol–water partition coefficient (Wildman–Crippen LogP) is 2.53. The highest BCUT2D eigenvalue weighted by atomic mass is 32.1. The number of nitrogens with zero attached hydrogens (tertiary/aromatic N) is 2. The Kier molecular flexibility index (Phi) is 6.12. The van der Waals surface area contributed by atoms with Crippen LogP contribution in [0.15, 0.2) is 11.6 Å². The lowest BCUT2D eigenvalue weighted by molar-refractivity contribution is -0.137. The first-order valence-corrected chi connectivity index (χ1v) is 8.80. The lowest BCUT2D eigenvalue weighted by Gasteiger charge is -2.28. The normalized spacial score (nSPS) is 18.0. The lowest BCUT2D eigenvalue weighted by atomic mass is 9.91. The topological polar surface area (TPSA) is 71.5 Å². The van der Waals surface area contributed by atoms with Crippen molar-refractivity contribution < 1.29 is 14.3 Å². The van der Waals surface area contributed by atoms with Crippen molar-refractivity contribution in [1.82, 2.24) is 9.88 Å². The molecular weight excluding hydrogens is 314 g/mol. The first-order valence-electron chi connectivity index (χ1n) is 7.92. The average molecular weight is 339 g/mol. The molecule has 23 heavy (non-hydrogen) atoms. The molecule has 2 amide bonds. The van der Waals surface area contributed by atoms with E-state index >= 15 is 0 Å². The molecule has 2 rings (SSSR count). The van der Waals surface area contributed by atoms with Crippen molar-refractivity contribution in [2.45, 2.75) is 46.1 Å². The maximum Gasteiger partial charge on any atom is 0.245 e. The first-order chi connectivity index (χ1) is 10.8. The molecule has 0 bridgehead atoms. The highest BCUT2D eigenvalue weighted by Crippen LogP contribution is 2.21. The minimum absolute atomic E-state index is 0.0118. The van der Waals surface area contributed by atoms with Gasteiger partial charge in [-0.05, 0) is 18.3 Å². The van der Waals surface area contributed by atoms with Crippen LogP contribution in [0.4, 0.5) is 5.13 Å². The summed E-state index contributed by atoms with van der Waals surface area (Å²) in [7, 11) is 0. The van der Waals surface area contributed by atoms with Gasteiger partial charge in [-0.3, -0.25) is 9.59 Å². The summed E-state index contributed by atoms with van der Waals surface area (Å²) in [5, 5.41) is 5.08. The Morgan fingerprint density at radius 2 is 2.26 bits per heavy atom. The summed E-state index contributed by atoms with van der Waals surface area (Å²) < 4.78 is 5.62. The molecule has 0 saturated carbocycles. The number of aromatic nitrogens is 1. The van der Waals surface area contributed by atoms with Crippen LogP contribution in [-0.2, 0) is 14.3 Å². The summed E-state index contributed by atoms with van der Waals surface area (Å²) >= 11 is 1.36. The molecule has 0 aliphatic carbocycles. The van der Waals surface area contributed by atoms with Crippen LogP contribution in [0.25, 0.3) is 0 Å². The number of nitrogens with one attached hydrogen (secondary N) is 1. The maximum absolute atomic E-state index is 12.6. The highest BCUT2D eigenvalue weighted by molar-refractivity contribution is 7.13. The fourth-order valence-corrected chi connectivity index (χ4v) is 3.02. The molecule has 0 aromatic carbocycles. The highest BCUT2D eigenvalue weighted by Gasteiger charge is 2.27. The number of ether oxygens (including phenoxy) is 1. The van der Waals surface area contributed by atoms with Gasteiger partial charge in [0.25, 0.3) is 0 Å². The molecule has 1 saturated heterocycles. The molecule has 1 unspecified atom stereocenters. The Labute approximate surface area is 141 Å². The molecule has 1 fully saturated rings. The maximum atomic E-state index is 12.6. The van der Waals surface area contributed by atoms with Gasteiger partial charge in [0.2, 0.25) is 11.8 Å². The second-order valence-corrected chi connectivity index (χ2v) is 7.93.